The zero-order valence-corrected chi connectivity index (χ0v) is 24.1. The standard InChI is InChI=1S/C29H39N9O2/c1-19-31-21-8-6-7-9-22(21)38(19)28-33-25-24(26(34-28)36-14-16-40-17-15-36)32-23(35(25)5)18-20-10-12-37(13-11-20)29(2,3)27(39)30-4/h6-9,20H,10-18H2,1-5H3,(H,30,39). The highest BCUT2D eigenvalue weighted by molar-refractivity contribution is 5.86. The highest BCUT2D eigenvalue weighted by Crippen LogP contribution is 2.31. The van der Waals surface area contributed by atoms with E-state index in [4.69, 9.17) is 24.7 Å². The lowest BCUT2D eigenvalue weighted by Crippen LogP contribution is -2.56. The van der Waals surface area contributed by atoms with Crippen LogP contribution in [0.25, 0.3) is 28.1 Å². The first-order valence-corrected chi connectivity index (χ1v) is 14.3. The van der Waals surface area contributed by atoms with E-state index in [2.05, 4.69) is 32.8 Å². The molecule has 4 aromatic rings. The van der Waals surface area contributed by atoms with Gasteiger partial charge in [-0.3, -0.25) is 14.3 Å². The van der Waals surface area contributed by atoms with Crippen LogP contribution in [0.2, 0.25) is 0 Å². The average molecular weight is 546 g/mol. The summed E-state index contributed by atoms with van der Waals surface area (Å²) in [5.74, 6) is 3.89. The van der Waals surface area contributed by atoms with Gasteiger partial charge in [-0.15, -0.1) is 0 Å². The molecule has 1 aromatic carbocycles. The van der Waals surface area contributed by atoms with E-state index in [0.717, 1.165) is 85.1 Å². The van der Waals surface area contributed by atoms with Crippen molar-refractivity contribution in [3.8, 4) is 5.95 Å². The molecular weight excluding hydrogens is 506 g/mol. The van der Waals surface area contributed by atoms with Crippen molar-refractivity contribution in [2.45, 2.75) is 45.6 Å². The van der Waals surface area contributed by atoms with Crippen molar-refractivity contribution < 1.29 is 9.53 Å². The summed E-state index contributed by atoms with van der Waals surface area (Å²) in [7, 11) is 3.77. The maximum absolute atomic E-state index is 12.4. The van der Waals surface area contributed by atoms with E-state index in [1.807, 2.05) is 43.5 Å². The molecule has 2 saturated heterocycles. The summed E-state index contributed by atoms with van der Waals surface area (Å²) in [6.45, 7) is 10.7. The Balaban J connectivity index is 1.35. The van der Waals surface area contributed by atoms with Crippen LogP contribution < -0.4 is 10.2 Å². The van der Waals surface area contributed by atoms with Gasteiger partial charge in [0.25, 0.3) is 0 Å². The van der Waals surface area contributed by atoms with Gasteiger partial charge in [-0.2, -0.15) is 9.97 Å². The first kappa shape index (κ1) is 26.6. The fourth-order valence-corrected chi connectivity index (χ4v) is 6.16. The molecule has 2 aliphatic rings. The molecule has 6 rings (SSSR count). The van der Waals surface area contributed by atoms with Crippen LogP contribution in [0, 0.1) is 12.8 Å². The number of nitrogens with zero attached hydrogens (tertiary/aromatic N) is 8. The Bertz CT molecular complexity index is 1540. The van der Waals surface area contributed by atoms with Gasteiger partial charge in [0.05, 0.1) is 29.8 Å². The molecule has 3 aromatic heterocycles. The Hall–Kier alpha value is -3.57. The number of imidazole rings is 2. The molecule has 0 atom stereocenters. The van der Waals surface area contributed by atoms with Gasteiger partial charge < -0.3 is 19.5 Å². The summed E-state index contributed by atoms with van der Waals surface area (Å²) < 4.78 is 9.82. The van der Waals surface area contributed by atoms with Crippen LogP contribution in [-0.2, 0) is 23.0 Å². The first-order valence-electron chi connectivity index (χ1n) is 14.3. The zero-order chi connectivity index (χ0) is 28.0. The van der Waals surface area contributed by atoms with Crippen molar-refractivity contribution in [3.05, 3.63) is 35.9 Å². The van der Waals surface area contributed by atoms with E-state index in [-0.39, 0.29) is 5.91 Å². The number of piperidine rings is 1. The number of benzene rings is 1. The lowest BCUT2D eigenvalue weighted by molar-refractivity contribution is -0.132. The molecule has 2 fully saturated rings. The summed E-state index contributed by atoms with van der Waals surface area (Å²) in [6.07, 6.45) is 2.92. The second-order valence-electron chi connectivity index (χ2n) is 11.5. The average Bonchev–Trinajstić information content (AvgIpc) is 3.48. The van der Waals surface area contributed by atoms with Crippen LogP contribution in [0.15, 0.2) is 24.3 Å². The number of likely N-dealkylation sites (tertiary alicyclic amines) is 1. The van der Waals surface area contributed by atoms with Crippen molar-refractivity contribution in [1.29, 1.82) is 0 Å². The number of aromatic nitrogens is 6. The van der Waals surface area contributed by atoms with Gasteiger partial charge in [0, 0.05) is 33.6 Å². The van der Waals surface area contributed by atoms with Gasteiger partial charge in [-0.25, -0.2) is 9.97 Å². The largest absolute Gasteiger partial charge is 0.378 e. The van der Waals surface area contributed by atoms with Crippen LogP contribution in [0.4, 0.5) is 5.82 Å². The van der Waals surface area contributed by atoms with Gasteiger partial charge in [0.1, 0.15) is 11.6 Å². The van der Waals surface area contributed by atoms with Gasteiger partial charge in [0.2, 0.25) is 11.9 Å². The lowest BCUT2D eigenvalue weighted by atomic mass is 9.89. The first-order chi connectivity index (χ1) is 19.3. The number of para-hydroxylation sites is 2. The minimum atomic E-state index is -0.508. The minimum Gasteiger partial charge on any atom is -0.378 e. The summed E-state index contributed by atoms with van der Waals surface area (Å²) in [6, 6.07) is 8.09. The summed E-state index contributed by atoms with van der Waals surface area (Å²) in [5, 5.41) is 2.81. The number of amides is 1. The van der Waals surface area contributed by atoms with E-state index >= 15 is 0 Å². The van der Waals surface area contributed by atoms with Crippen molar-refractivity contribution in [2.24, 2.45) is 13.0 Å². The Labute approximate surface area is 234 Å². The second-order valence-corrected chi connectivity index (χ2v) is 11.5. The van der Waals surface area contributed by atoms with Crippen LogP contribution in [0.3, 0.4) is 0 Å². The molecule has 0 spiro atoms. The predicted molar refractivity (Wildman–Crippen MR) is 155 cm³/mol. The second kappa shape index (κ2) is 10.4. The molecular formula is C29H39N9O2. The van der Waals surface area contributed by atoms with Crippen molar-refractivity contribution in [1.82, 2.24) is 39.3 Å². The number of hydrogen-bond acceptors (Lipinski definition) is 8. The molecule has 0 bridgehead atoms. The van der Waals surface area contributed by atoms with E-state index in [1.54, 1.807) is 7.05 Å². The third-order valence-corrected chi connectivity index (χ3v) is 8.68. The molecule has 1 N–H and O–H groups in total. The Morgan fingerprint density at radius 3 is 2.50 bits per heavy atom. The van der Waals surface area contributed by atoms with E-state index in [1.165, 1.54) is 0 Å². The van der Waals surface area contributed by atoms with Gasteiger partial charge >= 0.3 is 0 Å². The number of ether oxygens (including phenoxy) is 1. The number of rotatable bonds is 6. The number of nitrogens with one attached hydrogen (secondary N) is 1. The predicted octanol–water partition coefficient (Wildman–Crippen LogP) is 2.63. The fourth-order valence-electron chi connectivity index (χ4n) is 6.16. The number of likely N-dealkylation sites (N-methyl/N-ethyl adjacent to an activating group) is 1. The minimum absolute atomic E-state index is 0.0622. The summed E-state index contributed by atoms with van der Waals surface area (Å²) in [5.41, 5.74) is 3.07. The number of carbonyl (C=O) groups excluding carboxylic acids is 1. The number of fused-ring (bicyclic) bond motifs is 2. The molecule has 0 radical (unpaired) electrons. The molecule has 0 unspecified atom stereocenters. The quantitative estimate of drug-likeness (QED) is 0.394. The fraction of sp³-hybridized carbons (Fsp3) is 0.552. The van der Waals surface area contributed by atoms with Crippen LogP contribution in [0.5, 0.6) is 0 Å². The molecule has 5 heterocycles. The molecule has 2 aliphatic heterocycles. The summed E-state index contributed by atoms with van der Waals surface area (Å²) in [4.78, 5) is 37.1. The SMILES string of the molecule is CNC(=O)C(C)(C)N1CCC(Cc2nc3c(N4CCOCC4)nc(-n4c(C)nc5ccccc54)nc3n2C)CC1. The zero-order valence-electron chi connectivity index (χ0n) is 24.1. The van der Waals surface area contributed by atoms with Crippen molar-refractivity contribution in [2.75, 3.05) is 51.3 Å². The Kier molecular flexibility index (Phi) is 6.95. The molecule has 1 amide bonds. The highest BCUT2D eigenvalue weighted by Gasteiger charge is 2.36. The third-order valence-electron chi connectivity index (χ3n) is 8.68. The van der Waals surface area contributed by atoms with Gasteiger partial charge in [-0.1, -0.05) is 12.1 Å². The topological polar surface area (TPSA) is 106 Å². The number of anilines is 1. The number of hydrogen-bond donors (Lipinski definition) is 1. The Morgan fingerprint density at radius 1 is 1.05 bits per heavy atom. The van der Waals surface area contributed by atoms with Crippen LogP contribution in [-0.4, -0.2) is 91.9 Å². The van der Waals surface area contributed by atoms with E-state index in [0.29, 0.717) is 25.1 Å². The van der Waals surface area contributed by atoms with Crippen LogP contribution in [0.1, 0.15) is 38.3 Å². The van der Waals surface area contributed by atoms with Gasteiger partial charge in [0.15, 0.2) is 17.0 Å². The normalized spacial score (nSPS) is 17.7. The Morgan fingerprint density at radius 2 is 1.77 bits per heavy atom. The molecule has 40 heavy (non-hydrogen) atoms. The molecule has 11 nitrogen and oxygen atoms in total. The summed E-state index contributed by atoms with van der Waals surface area (Å²) >= 11 is 0. The lowest BCUT2D eigenvalue weighted by Gasteiger charge is -2.41. The number of morpholine rings is 1. The number of carbonyl (C=O) groups is 1. The number of aryl methyl sites for hydroxylation is 2. The van der Waals surface area contributed by atoms with Crippen LogP contribution >= 0.6 is 0 Å². The molecule has 0 aliphatic carbocycles. The smallest absolute Gasteiger partial charge is 0.239 e. The molecule has 0 saturated carbocycles. The molecule has 11 heteroatoms. The van der Waals surface area contributed by atoms with Crippen molar-refractivity contribution in [3.63, 3.8) is 0 Å². The molecule has 212 valence electrons. The maximum atomic E-state index is 12.4. The van der Waals surface area contributed by atoms with Gasteiger partial charge in [-0.05, 0) is 64.8 Å². The van der Waals surface area contributed by atoms with E-state index in [9.17, 15) is 4.79 Å². The van der Waals surface area contributed by atoms with E-state index < -0.39 is 5.54 Å². The monoisotopic (exact) mass is 545 g/mol. The highest BCUT2D eigenvalue weighted by atomic mass is 16.5. The van der Waals surface area contributed by atoms with Crippen molar-refractivity contribution >= 4 is 33.9 Å². The maximum Gasteiger partial charge on any atom is 0.239 e. The third kappa shape index (κ3) is 4.60.